The molecule has 3 nitrogen and oxygen atoms in total. The number of hydrogen-bond acceptors (Lipinski definition) is 2. The highest BCUT2D eigenvalue weighted by molar-refractivity contribution is 6.30. The van der Waals surface area contributed by atoms with Crippen LogP contribution in [0.2, 0.25) is 5.02 Å². The van der Waals surface area contributed by atoms with Crippen LogP contribution in [0.15, 0.2) is 42.5 Å². The summed E-state index contributed by atoms with van der Waals surface area (Å²) in [5.74, 6) is -1.77. The van der Waals surface area contributed by atoms with E-state index in [-0.39, 0.29) is 10.6 Å². The van der Waals surface area contributed by atoms with E-state index < -0.39 is 23.6 Å². The molecule has 0 aliphatic rings. The summed E-state index contributed by atoms with van der Waals surface area (Å²) in [7, 11) is 0. The van der Waals surface area contributed by atoms with Crippen molar-refractivity contribution in [2.45, 2.75) is 6.04 Å². The summed E-state index contributed by atoms with van der Waals surface area (Å²) >= 11 is 5.75. The smallest absolute Gasteiger partial charge is 0.244 e. The molecule has 1 atom stereocenters. The van der Waals surface area contributed by atoms with Crippen LogP contribution >= 0.6 is 11.6 Å². The standard InChI is InChI=1S/C14H11ClF2N2O/c15-9-4-8(5-11(17)6-9)13(14(18)20)19-12-3-1-2-10(16)7-12/h1-7,13,19H,(H2,18,20). The fourth-order valence-corrected chi connectivity index (χ4v) is 2.04. The van der Waals surface area contributed by atoms with Gasteiger partial charge in [0.15, 0.2) is 0 Å². The zero-order valence-electron chi connectivity index (χ0n) is 10.2. The van der Waals surface area contributed by atoms with Gasteiger partial charge < -0.3 is 11.1 Å². The van der Waals surface area contributed by atoms with E-state index in [0.717, 1.165) is 12.1 Å². The number of anilines is 1. The summed E-state index contributed by atoms with van der Waals surface area (Å²) in [5.41, 5.74) is 5.92. The third-order valence-electron chi connectivity index (χ3n) is 2.64. The Balaban J connectivity index is 2.34. The molecule has 0 radical (unpaired) electrons. The number of halogens is 3. The minimum Gasteiger partial charge on any atom is -0.370 e. The molecule has 0 heterocycles. The molecule has 0 aliphatic carbocycles. The number of hydrogen-bond donors (Lipinski definition) is 2. The van der Waals surface area contributed by atoms with Gasteiger partial charge in [-0.25, -0.2) is 8.78 Å². The summed E-state index contributed by atoms with van der Waals surface area (Å²) in [5, 5.41) is 2.90. The number of amides is 1. The number of carbonyl (C=O) groups is 1. The number of nitrogens with two attached hydrogens (primary N) is 1. The van der Waals surface area contributed by atoms with Gasteiger partial charge in [-0.05, 0) is 42.0 Å². The first-order chi connectivity index (χ1) is 9.45. The molecule has 0 fully saturated rings. The maximum atomic E-state index is 13.3. The Labute approximate surface area is 119 Å². The normalized spacial score (nSPS) is 11.9. The molecule has 0 aliphatic heterocycles. The first-order valence-corrected chi connectivity index (χ1v) is 6.11. The molecule has 0 bridgehead atoms. The molecule has 2 rings (SSSR count). The van der Waals surface area contributed by atoms with Crippen LogP contribution < -0.4 is 11.1 Å². The molecule has 3 N–H and O–H groups in total. The molecule has 0 saturated heterocycles. The lowest BCUT2D eigenvalue weighted by atomic mass is 10.1. The quantitative estimate of drug-likeness (QED) is 0.910. The Kier molecular flexibility index (Phi) is 4.20. The molecule has 0 aromatic heterocycles. The number of primary amides is 1. The van der Waals surface area contributed by atoms with Gasteiger partial charge in [0.25, 0.3) is 0 Å². The fourth-order valence-electron chi connectivity index (χ4n) is 1.81. The van der Waals surface area contributed by atoms with Crippen LogP contribution in [0.1, 0.15) is 11.6 Å². The van der Waals surface area contributed by atoms with Crippen LogP contribution in [0, 0.1) is 11.6 Å². The molecule has 0 saturated carbocycles. The molecule has 6 heteroatoms. The maximum absolute atomic E-state index is 13.3. The van der Waals surface area contributed by atoms with E-state index in [1.54, 1.807) is 6.07 Å². The average Bonchev–Trinajstić information content (AvgIpc) is 2.34. The lowest BCUT2D eigenvalue weighted by Gasteiger charge is -2.17. The lowest BCUT2D eigenvalue weighted by Crippen LogP contribution is -2.27. The second-order valence-electron chi connectivity index (χ2n) is 4.19. The highest BCUT2D eigenvalue weighted by Crippen LogP contribution is 2.24. The Hall–Kier alpha value is -2.14. The van der Waals surface area contributed by atoms with E-state index in [1.165, 1.54) is 24.3 Å². The van der Waals surface area contributed by atoms with Crippen LogP contribution in [-0.2, 0) is 4.79 Å². The third-order valence-corrected chi connectivity index (χ3v) is 2.86. The largest absolute Gasteiger partial charge is 0.370 e. The zero-order chi connectivity index (χ0) is 14.7. The molecule has 0 spiro atoms. The van der Waals surface area contributed by atoms with E-state index in [0.29, 0.717) is 5.69 Å². The summed E-state index contributed by atoms with van der Waals surface area (Å²) in [6.07, 6.45) is 0. The average molecular weight is 297 g/mol. The minimum absolute atomic E-state index is 0.146. The van der Waals surface area contributed by atoms with E-state index in [4.69, 9.17) is 17.3 Å². The van der Waals surface area contributed by atoms with Crippen LogP contribution in [0.4, 0.5) is 14.5 Å². The van der Waals surface area contributed by atoms with Crippen LogP contribution in [0.25, 0.3) is 0 Å². The van der Waals surface area contributed by atoms with Gasteiger partial charge in [-0.15, -0.1) is 0 Å². The summed E-state index contributed by atoms with van der Waals surface area (Å²) < 4.78 is 26.4. The van der Waals surface area contributed by atoms with E-state index in [2.05, 4.69) is 5.32 Å². The fraction of sp³-hybridized carbons (Fsp3) is 0.0714. The van der Waals surface area contributed by atoms with Crippen LogP contribution in [0.3, 0.4) is 0 Å². The molecule has 2 aromatic carbocycles. The second kappa shape index (κ2) is 5.88. The van der Waals surface area contributed by atoms with Gasteiger partial charge in [-0.3, -0.25) is 4.79 Å². The Morgan fingerprint density at radius 3 is 2.50 bits per heavy atom. The first kappa shape index (κ1) is 14.3. The SMILES string of the molecule is NC(=O)C(Nc1cccc(F)c1)c1cc(F)cc(Cl)c1. The van der Waals surface area contributed by atoms with Crippen molar-refractivity contribution < 1.29 is 13.6 Å². The maximum Gasteiger partial charge on any atom is 0.244 e. The van der Waals surface area contributed by atoms with Crippen molar-refractivity contribution in [3.05, 3.63) is 64.7 Å². The van der Waals surface area contributed by atoms with E-state index in [9.17, 15) is 13.6 Å². The summed E-state index contributed by atoms with van der Waals surface area (Å²) in [6.45, 7) is 0. The van der Waals surface area contributed by atoms with Crippen molar-refractivity contribution in [2.24, 2.45) is 5.73 Å². The summed E-state index contributed by atoms with van der Waals surface area (Å²) in [6, 6.07) is 8.20. The zero-order valence-corrected chi connectivity index (χ0v) is 11.0. The first-order valence-electron chi connectivity index (χ1n) is 5.73. The van der Waals surface area contributed by atoms with Gasteiger partial charge in [0.1, 0.15) is 17.7 Å². The van der Waals surface area contributed by atoms with Gasteiger partial charge >= 0.3 is 0 Å². The predicted octanol–water partition coefficient (Wildman–Crippen LogP) is 3.26. The van der Waals surface area contributed by atoms with E-state index in [1.807, 2.05) is 0 Å². The molecule has 104 valence electrons. The van der Waals surface area contributed by atoms with Crippen molar-refractivity contribution in [3.8, 4) is 0 Å². The monoisotopic (exact) mass is 296 g/mol. The van der Waals surface area contributed by atoms with Gasteiger partial charge in [-0.1, -0.05) is 17.7 Å². The Bertz CT molecular complexity index is 629. The highest BCUT2D eigenvalue weighted by Gasteiger charge is 2.19. The van der Waals surface area contributed by atoms with Gasteiger partial charge in [0, 0.05) is 10.7 Å². The van der Waals surface area contributed by atoms with Crippen molar-refractivity contribution in [2.75, 3.05) is 5.32 Å². The van der Waals surface area contributed by atoms with Gasteiger partial charge in [0.05, 0.1) is 0 Å². The second-order valence-corrected chi connectivity index (χ2v) is 4.63. The van der Waals surface area contributed by atoms with Crippen LogP contribution in [0.5, 0.6) is 0 Å². The number of rotatable bonds is 4. The van der Waals surface area contributed by atoms with Crippen LogP contribution in [-0.4, -0.2) is 5.91 Å². The van der Waals surface area contributed by atoms with Gasteiger partial charge in [-0.2, -0.15) is 0 Å². The predicted molar refractivity (Wildman–Crippen MR) is 73.4 cm³/mol. The van der Waals surface area contributed by atoms with E-state index >= 15 is 0 Å². The molecule has 2 aromatic rings. The number of carbonyl (C=O) groups excluding carboxylic acids is 1. The number of benzene rings is 2. The minimum atomic E-state index is -1.01. The molecular formula is C14H11ClF2N2O. The molecule has 20 heavy (non-hydrogen) atoms. The lowest BCUT2D eigenvalue weighted by molar-refractivity contribution is -0.118. The Morgan fingerprint density at radius 1 is 1.15 bits per heavy atom. The summed E-state index contributed by atoms with van der Waals surface area (Å²) in [4.78, 5) is 11.5. The molecule has 1 amide bonds. The molecule has 1 unspecified atom stereocenters. The van der Waals surface area contributed by atoms with Crippen molar-refractivity contribution in [3.63, 3.8) is 0 Å². The number of nitrogens with one attached hydrogen (secondary N) is 1. The van der Waals surface area contributed by atoms with Gasteiger partial charge in [0.2, 0.25) is 5.91 Å². The highest BCUT2D eigenvalue weighted by atomic mass is 35.5. The third kappa shape index (κ3) is 3.45. The topological polar surface area (TPSA) is 55.1 Å². The van der Waals surface area contributed by atoms with Crippen molar-refractivity contribution >= 4 is 23.2 Å². The van der Waals surface area contributed by atoms with Crippen molar-refractivity contribution in [1.82, 2.24) is 0 Å². The molecular weight excluding hydrogens is 286 g/mol. The Morgan fingerprint density at radius 2 is 1.90 bits per heavy atom. The van der Waals surface area contributed by atoms with Crippen molar-refractivity contribution in [1.29, 1.82) is 0 Å².